The Morgan fingerprint density at radius 3 is 2.68 bits per heavy atom. The summed E-state index contributed by atoms with van der Waals surface area (Å²) in [6.07, 6.45) is 1.99. The van der Waals surface area contributed by atoms with E-state index in [-0.39, 0.29) is 17.3 Å². The van der Waals surface area contributed by atoms with Crippen molar-refractivity contribution in [2.45, 2.75) is 26.6 Å². The van der Waals surface area contributed by atoms with Crippen molar-refractivity contribution in [3.05, 3.63) is 42.0 Å². The molecule has 0 radical (unpaired) electrons. The Labute approximate surface area is 114 Å². The molecule has 102 valence electrons. The summed E-state index contributed by atoms with van der Waals surface area (Å²) in [5.41, 5.74) is 1.84. The fourth-order valence-electron chi connectivity index (χ4n) is 2.64. The minimum Gasteiger partial charge on any atom is -0.435 e. The molecule has 19 heavy (non-hydrogen) atoms. The highest BCUT2D eigenvalue weighted by Gasteiger charge is 2.51. The lowest BCUT2D eigenvalue weighted by atomic mass is 9.76. The fraction of sp³-hybridized carbons (Fsp3) is 0.438. The van der Waals surface area contributed by atoms with E-state index >= 15 is 0 Å². The third-order valence-electron chi connectivity index (χ3n) is 3.93. The van der Waals surface area contributed by atoms with Crippen LogP contribution in [0.5, 0.6) is 0 Å². The highest BCUT2D eigenvalue weighted by atomic mass is 16.7. The molecule has 1 aromatic rings. The Morgan fingerprint density at radius 1 is 1.42 bits per heavy atom. The number of carbonyl (C=O) groups is 1. The average Bonchev–Trinajstić information content (AvgIpc) is 2.62. The quantitative estimate of drug-likeness (QED) is 0.781. The Bertz CT molecular complexity index is 491. The van der Waals surface area contributed by atoms with Gasteiger partial charge in [0.15, 0.2) is 0 Å². The van der Waals surface area contributed by atoms with Crippen LogP contribution in [0, 0.1) is 11.3 Å². The average molecular weight is 260 g/mol. The monoisotopic (exact) mass is 260 g/mol. The lowest BCUT2D eigenvalue weighted by Gasteiger charge is -2.27. The predicted molar refractivity (Wildman–Crippen MR) is 74.4 cm³/mol. The zero-order valence-electron chi connectivity index (χ0n) is 11.7. The molecule has 0 amide bonds. The molecule has 2 rings (SSSR count). The molecule has 3 heteroatoms. The summed E-state index contributed by atoms with van der Waals surface area (Å²) in [7, 11) is 1.57. The molecule has 1 fully saturated rings. The van der Waals surface area contributed by atoms with Crippen LogP contribution in [0.2, 0.25) is 0 Å². The normalized spacial score (nSPS) is 25.1. The molecule has 0 saturated carbocycles. The number of hydrogen-bond acceptors (Lipinski definition) is 3. The molecular weight excluding hydrogens is 240 g/mol. The molecule has 1 aliphatic rings. The van der Waals surface area contributed by atoms with Gasteiger partial charge in [-0.1, -0.05) is 50.8 Å². The Morgan fingerprint density at radius 2 is 2.11 bits per heavy atom. The fourth-order valence-corrected chi connectivity index (χ4v) is 2.64. The molecular formula is C16H20O3. The van der Waals surface area contributed by atoms with E-state index < -0.39 is 6.29 Å². The molecule has 3 nitrogen and oxygen atoms in total. The standard InChI is InChI=1S/C16H20O3/c1-5-11-8-6-7-9-12(11)10-13-14(17)19-15(18-4)16(13,2)3/h5-9,13,15H,1,10H2,2-4H3. The minimum atomic E-state index is -0.471. The smallest absolute Gasteiger partial charge is 0.312 e. The van der Waals surface area contributed by atoms with Gasteiger partial charge in [0.25, 0.3) is 0 Å². The zero-order valence-corrected chi connectivity index (χ0v) is 11.7. The summed E-state index contributed by atoms with van der Waals surface area (Å²) in [4.78, 5) is 12.0. The number of cyclic esters (lactones) is 1. The second-order valence-electron chi connectivity index (χ2n) is 5.49. The van der Waals surface area contributed by atoms with E-state index in [4.69, 9.17) is 9.47 Å². The first-order chi connectivity index (χ1) is 9.00. The van der Waals surface area contributed by atoms with Crippen molar-refractivity contribution in [2.24, 2.45) is 11.3 Å². The Balaban J connectivity index is 2.27. The van der Waals surface area contributed by atoms with Crippen LogP contribution >= 0.6 is 0 Å². The maximum atomic E-state index is 12.0. The first-order valence-electron chi connectivity index (χ1n) is 6.44. The molecule has 1 heterocycles. The van der Waals surface area contributed by atoms with Crippen molar-refractivity contribution in [1.82, 2.24) is 0 Å². The maximum absolute atomic E-state index is 12.0. The molecule has 1 saturated heterocycles. The topological polar surface area (TPSA) is 35.5 Å². The second kappa shape index (κ2) is 5.17. The lowest BCUT2D eigenvalue weighted by molar-refractivity contribution is -0.166. The van der Waals surface area contributed by atoms with Crippen molar-refractivity contribution in [3.63, 3.8) is 0 Å². The molecule has 1 aliphatic heterocycles. The van der Waals surface area contributed by atoms with Crippen LogP contribution in [-0.4, -0.2) is 19.4 Å². The van der Waals surface area contributed by atoms with Crippen LogP contribution in [0.3, 0.4) is 0 Å². The van der Waals surface area contributed by atoms with E-state index in [1.807, 2.05) is 44.2 Å². The van der Waals surface area contributed by atoms with E-state index in [1.165, 1.54) is 0 Å². The number of hydrogen-bond donors (Lipinski definition) is 0. The van der Waals surface area contributed by atoms with Crippen LogP contribution in [0.15, 0.2) is 30.8 Å². The summed E-state index contributed by atoms with van der Waals surface area (Å²) >= 11 is 0. The van der Waals surface area contributed by atoms with Gasteiger partial charge in [-0.25, -0.2) is 0 Å². The van der Waals surface area contributed by atoms with E-state index in [1.54, 1.807) is 7.11 Å². The Hall–Kier alpha value is -1.61. The molecule has 0 aromatic heterocycles. The second-order valence-corrected chi connectivity index (χ2v) is 5.49. The highest BCUT2D eigenvalue weighted by molar-refractivity contribution is 5.76. The van der Waals surface area contributed by atoms with E-state index in [9.17, 15) is 4.79 Å². The van der Waals surface area contributed by atoms with Crippen LogP contribution in [0.1, 0.15) is 25.0 Å². The number of benzene rings is 1. The molecule has 0 bridgehead atoms. The Kier molecular flexibility index (Phi) is 3.76. The summed E-state index contributed by atoms with van der Waals surface area (Å²) in [5.74, 6) is -0.380. The van der Waals surface area contributed by atoms with Gasteiger partial charge in [-0.15, -0.1) is 0 Å². The minimum absolute atomic E-state index is 0.185. The van der Waals surface area contributed by atoms with Crippen molar-refractivity contribution in [1.29, 1.82) is 0 Å². The van der Waals surface area contributed by atoms with Gasteiger partial charge >= 0.3 is 5.97 Å². The third-order valence-corrected chi connectivity index (χ3v) is 3.93. The van der Waals surface area contributed by atoms with Gasteiger partial charge < -0.3 is 9.47 Å². The van der Waals surface area contributed by atoms with E-state index in [0.29, 0.717) is 6.42 Å². The number of rotatable bonds is 4. The zero-order chi connectivity index (χ0) is 14.0. The van der Waals surface area contributed by atoms with Crippen LogP contribution in [0.4, 0.5) is 0 Å². The van der Waals surface area contributed by atoms with E-state index in [0.717, 1.165) is 11.1 Å². The van der Waals surface area contributed by atoms with Gasteiger partial charge in [-0.3, -0.25) is 4.79 Å². The molecule has 2 unspecified atom stereocenters. The number of esters is 1. The van der Waals surface area contributed by atoms with Crippen LogP contribution < -0.4 is 0 Å². The summed E-state index contributed by atoms with van der Waals surface area (Å²) in [5, 5.41) is 0. The van der Waals surface area contributed by atoms with Crippen molar-refractivity contribution in [2.75, 3.05) is 7.11 Å². The van der Waals surface area contributed by atoms with Gasteiger partial charge in [0.05, 0.1) is 5.92 Å². The lowest BCUT2D eigenvalue weighted by Crippen LogP contribution is -2.33. The summed E-state index contributed by atoms with van der Waals surface area (Å²) in [6, 6.07) is 7.98. The van der Waals surface area contributed by atoms with Crippen molar-refractivity contribution in [3.8, 4) is 0 Å². The predicted octanol–water partition coefficient (Wildman–Crippen LogP) is 3.04. The van der Waals surface area contributed by atoms with Gasteiger partial charge in [0, 0.05) is 12.5 Å². The highest BCUT2D eigenvalue weighted by Crippen LogP contribution is 2.42. The number of ether oxygens (including phenoxy) is 2. The SMILES string of the molecule is C=Cc1ccccc1CC1C(=O)OC(OC)C1(C)C. The largest absolute Gasteiger partial charge is 0.435 e. The van der Waals surface area contributed by atoms with E-state index in [2.05, 4.69) is 6.58 Å². The number of methoxy groups -OCH3 is 1. The molecule has 0 N–H and O–H groups in total. The third kappa shape index (κ3) is 2.43. The summed E-state index contributed by atoms with van der Waals surface area (Å²) in [6.45, 7) is 7.83. The number of carbonyl (C=O) groups excluding carboxylic acids is 1. The molecule has 0 spiro atoms. The van der Waals surface area contributed by atoms with Crippen molar-refractivity contribution < 1.29 is 14.3 Å². The molecule has 2 atom stereocenters. The van der Waals surface area contributed by atoms with Gasteiger partial charge in [0.2, 0.25) is 6.29 Å². The van der Waals surface area contributed by atoms with Crippen LogP contribution in [0.25, 0.3) is 6.08 Å². The molecule has 1 aromatic carbocycles. The summed E-state index contributed by atoms with van der Waals surface area (Å²) < 4.78 is 10.6. The van der Waals surface area contributed by atoms with Gasteiger partial charge in [-0.05, 0) is 17.5 Å². The van der Waals surface area contributed by atoms with Gasteiger partial charge in [-0.2, -0.15) is 0 Å². The first-order valence-corrected chi connectivity index (χ1v) is 6.44. The maximum Gasteiger partial charge on any atom is 0.312 e. The molecule has 0 aliphatic carbocycles. The van der Waals surface area contributed by atoms with Crippen molar-refractivity contribution >= 4 is 12.0 Å². The first kappa shape index (κ1) is 13.8. The van der Waals surface area contributed by atoms with Gasteiger partial charge in [0.1, 0.15) is 0 Å². The van der Waals surface area contributed by atoms with Crippen LogP contribution in [-0.2, 0) is 20.7 Å².